The van der Waals surface area contributed by atoms with Crippen LogP contribution in [0.4, 0.5) is 0 Å². The largest absolute Gasteiger partial charge is 0.368 e. The lowest BCUT2D eigenvalue weighted by Gasteiger charge is -2.11. The summed E-state index contributed by atoms with van der Waals surface area (Å²) in [6.45, 7) is 3.79. The lowest BCUT2D eigenvalue weighted by molar-refractivity contribution is -0.116. The van der Waals surface area contributed by atoms with Crippen molar-refractivity contribution in [2.45, 2.75) is 19.9 Å². The number of nitrogens with zero attached hydrogens (tertiary/aromatic N) is 1. The van der Waals surface area contributed by atoms with E-state index in [2.05, 4.69) is 15.7 Å². The maximum atomic E-state index is 10.3. The zero-order valence-electron chi connectivity index (χ0n) is 7.29. The van der Waals surface area contributed by atoms with Gasteiger partial charge in [0.2, 0.25) is 11.9 Å². The molecule has 0 aromatic heterocycles. The minimum atomic E-state index is -0.492. The lowest BCUT2D eigenvalue weighted by atomic mass is 10.4. The smallest absolute Gasteiger partial charge is 0.239 e. The van der Waals surface area contributed by atoms with E-state index >= 15 is 0 Å². The van der Waals surface area contributed by atoms with Crippen LogP contribution in [0.3, 0.4) is 0 Å². The van der Waals surface area contributed by atoms with Crippen molar-refractivity contribution in [3.05, 3.63) is 0 Å². The van der Waals surface area contributed by atoms with Crippen molar-refractivity contribution in [2.75, 3.05) is 6.54 Å². The summed E-state index contributed by atoms with van der Waals surface area (Å²) < 4.78 is 0. The molecule has 0 saturated heterocycles. The van der Waals surface area contributed by atoms with Gasteiger partial charge in [-0.25, -0.2) is 10.8 Å². The molecule has 0 aromatic carbocycles. The Morgan fingerprint density at radius 3 is 2.50 bits per heavy atom. The van der Waals surface area contributed by atoms with Gasteiger partial charge in [0.1, 0.15) is 6.54 Å². The van der Waals surface area contributed by atoms with E-state index in [1.165, 1.54) is 0 Å². The SMILES string of the molecule is CC(C)NC(=NCC(N)=O)NN. The molecule has 0 aromatic rings. The molecule has 0 aliphatic carbocycles. The first-order chi connectivity index (χ1) is 5.56. The van der Waals surface area contributed by atoms with Crippen LogP contribution >= 0.6 is 0 Å². The van der Waals surface area contributed by atoms with Gasteiger partial charge in [-0.2, -0.15) is 0 Å². The molecule has 0 atom stereocenters. The molecule has 1 amide bonds. The summed E-state index contributed by atoms with van der Waals surface area (Å²) in [4.78, 5) is 14.1. The summed E-state index contributed by atoms with van der Waals surface area (Å²) in [6.07, 6.45) is 0. The molecule has 0 aliphatic rings. The highest BCUT2D eigenvalue weighted by molar-refractivity contribution is 5.83. The lowest BCUT2D eigenvalue weighted by Crippen LogP contribution is -2.45. The third-order valence-electron chi connectivity index (χ3n) is 0.955. The molecule has 0 saturated carbocycles. The van der Waals surface area contributed by atoms with Crippen molar-refractivity contribution in [1.82, 2.24) is 10.7 Å². The number of hydrazine groups is 1. The van der Waals surface area contributed by atoms with Gasteiger partial charge in [0.15, 0.2) is 0 Å². The molecule has 0 unspecified atom stereocenters. The van der Waals surface area contributed by atoms with E-state index in [1.807, 2.05) is 13.8 Å². The van der Waals surface area contributed by atoms with Gasteiger partial charge >= 0.3 is 0 Å². The number of hydrogen-bond donors (Lipinski definition) is 4. The molecule has 0 aliphatic heterocycles. The molecule has 0 bridgehead atoms. The number of rotatable bonds is 3. The van der Waals surface area contributed by atoms with Gasteiger partial charge in [-0.15, -0.1) is 0 Å². The number of nitrogens with two attached hydrogens (primary N) is 2. The highest BCUT2D eigenvalue weighted by Crippen LogP contribution is 1.76. The summed E-state index contributed by atoms with van der Waals surface area (Å²) in [5.41, 5.74) is 7.20. The molecular weight excluding hydrogens is 158 g/mol. The normalized spacial score (nSPS) is 11.5. The van der Waals surface area contributed by atoms with E-state index in [4.69, 9.17) is 11.6 Å². The van der Waals surface area contributed by atoms with Gasteiger partial charge in [-0.3, -0.25) is 10.2 Å². The number of carbonyl (C=O) groups is 1. The van der Waals surface area contributed by atoms with Gasteiger partial charge in [-0.1, -0.05) is 0 Å². The van der Waals surface area contributed by atoms with E-state index in [1.54, 1.807) is 0 Å². The first-order valence-electron chi connectivity index (χ1n) is 3.62. The van der Waals surface area contributed by atoms with Crippen LogP contribution in [0.15, 0.2) is 4.99 Å². The van der Waals surface area contributed by atoms with Gasteiger partial charge in [-0.05, 0) is 13.8 Å². The number of guanidine groups is 1. The Balaban J connectivity index is 3.95. The second-order valence-corrected chi connectivity index (χ2v) is 2.57. The Labute approximate surface area is 71.4 Å². The molecule has 6 N–H and O–H groups in total. The Hall–Kier alpha value is -1.30. The Morgan fingerprint density at radius 1 is 1.58 bits per heavy atom. The van der Waals surface area contributed by atoms with Gasteiger partial charge in [0, 0.05) is 6.04 Å². The minimum absolute atomic E-state index is 0.0702. The fraction of sp³-hybridized carbons (Fsp3) is 0.667. The molecule has 0 rings (SSSR count). The third kappa shape index (κ3) is 5.48. The van der Waals surface area contributed by atoms with E-state index in [0.29, 0.717) is 5.96 Å². The van der Waals surface area contributed by atoms with Crippen LogP contribution < -0.4 is 22.3 Å². The zero-order valence-corrected chi connectivity index (χ0v) is 7.29. The van der Waals surface area contributed by atoms with E-state index in [-0.39, 0.29) is 12.6 Å². The summed E-state index contributed by atoms with van der Waals surface area (Å²) in [7, 11) is 0. The fourth-order valence-corrected chi connectivity index (χ4v) is 0.563. The summed E-state index contributed by atoms with van der Waals surface area (Å²) in [5.74, 6) is 4.98. The van der Waals surface area contributed by atoms with Crippen LogP contribution in [0.25, 0.3) is 0 Å². The van der Waals surface area contributed by atoms with E-state index in [0.717, 1.165) is 0 Å². The maximum absolute atomic E-state index is 10.3. The summed E-state index contributed by atoms with van der Waals surface area (Å²) in [5, 5.41) is 2.89. The monoisotopic (exact) mass is 173 g/mol. The topological polar surface area (TPSA) is 106 Å². The molecule has 0 heterocycles. The standard InChI is InChI=1S/C6H15N5O/c1-4(2)10-6(11-8)9-3-5(7)12/h4H,3,8H2,1-2H3,(H2,7,12)(H2,9,10,11). The van der Waals surface area contributed by atoms with Crippen molar-refractivity contribution in [3.63, 3.8) is 0 Å². The minimum Gasteiger partial charge on any atom is -0.368 e. The van der Waals surface area contributed by atoms with Crippen molar-refractivity contribution in [2.24, 2.45) is 16.6 Å². The average Bonchev–Trinajstić information content (AvgIpc) is 1.97. The Bertz CT molecular complexity index is 177. The summed E-state index contributed by atoms with van der Waals surface area (Å²) >= 11 is 0. The molecule has 6 heteroatoms. The second kappa shape index (κ2) is 5.36. The van der Waals surface area contributed by atoms with Crippen molar-refractivity contribution < 1.29 is 4.79 Å². The first-order valence-corrected chi connectivity index (χ1v) is 3.62. The predicted octanol–water partition coefficient (Wildman–Crippen LogP) is -1.71. The van der Waals surface area contributed by atoms with Gasteiger partial charge in [0.05, 0.1) is 0 Å². The second-order valence-electron chi connectivity index (χ2n) is 2.57. The zero-order chi connectivity index (χ0) is 9.56. The van der Waals surface area contributed by atoms with E-state index in [9.17, 15) is 4.79 Å². The molecule has 12 heavy (non-hydrogen) atoms. The number of carbonyl (C=O) groups excluding carboxylic acids is 1. The van der Waals surface area contributed by atoms with Crippen molar-refractivity contribution >= 4 is 11.9 Å². The quantitative estimate of drug-likeness (QED) is 0.176. The molecule has 0 fully saturated rings. The Morgan fingerprint density at radius 2 is 2.17 bits per heavy atom. The van der Waals surface area contributed by atoms with Crippen molar-refractivity contribution in [1.29, 1.82) is 0 Å². The fourth-order valence-electron chi connectivity index (χ4n) is 0.563. The molecule has 6 nitrogen and oxygen atoms in total. The predicted molar refractivity (Wildman–Crippen MR) is 47.1 cm³/mol. The van der Waals surface area contributed by atoms with Crippen LogP contribution in [-0.4, -0.2) is 24.5 Å². The number of aliphatic imine (C=N–C) groups is 1. The van der Waals surface area contributed by atoms with Crippen LogP contribution in [-0.2, 0) is 4.79 Å². The molecule has 0 spiro atoms. The maximum Gasteiger partial charge on any atom is 0.239 e. The van der Waals surface area contributed by atoms with Crippen LogP contribution in [0.5, 0.6) is 0 Å². The number of primary amides is 1. The molecule has 70 valence electrons. The third-order valence-corrected chi connectivity index (χ3v) is 0.955. The number of amides is 1. The Kier molecular flexibility index (Phi) is 4.78. The van der Waals surface area contributed by atoms with Crippen LogP contribution in [0.1, 0.15) is 13.8 Å². The van der Waals surface area contributed by atoms with Gasteiger partial charge in [0.25, 0.3) is 0 Å². The number of hydrogen-bond acceptors (Lipinski definition) is 3. The van der Waals surface area contributed by atoms with Crippen LogP contribution in [0.2, 0.25) is 0 Å². The highest BCUT2D eigenvalue weighted by atomic mass is 16.1. The molecule has 0 radical (unpaired) electrons. The van der Waals surface area contributed by atoms with E-state index < -0.39 is 5.91 Å². The molecular formula is C6H15N5O. The number of nitrogens with one attached hydrogen (secondary N) is 2. The van der Waals surface area contributed by atoms with Crippen LogP contribution in [0, 0.1) is 0 Å². The highest BCUT2D eigenvalue weighted by Gasteiger charge is 1.98. The average molecular weight is 173 g/mol. The first kappa shape index (κ1) is 10.7. The van der Waals surface area contributed by atoms with Gasteiger partial charge < -0.3 is 11.1 Å². The summed E-state index contributed by atoms with van der Waals surface area (Å²) in [6, 6.07) is 0.202. The van der Waals surface area contributed by atoms with Crippen molar-refractivity contribution in [3.8, 4) is 0 Å².